The molecular weight excluding hydrogens is 358 g/mol. The van der Waals surface area contributed by atoms with Crippen LogP contribution in [0, 0.1) is 0 Å². The van der Waals surface area contributed by atoms with Crippen LogP contribution in [-0.2, 0) is 20.9 Å². The first-order chi connectivity index (χ1) is 13.4. The number of ether oxygens (including phenoxy) is 1. The van der Waals surface area contributed by atoms with Crippen molar-refractivity contribution in [3.8, 4) is 5.75 Å². The SMILES string of the molecule is CC(=O)Nc1ccc(CNC(=O)CCN2C(=O)C(C)Oc3ccccc32)cc1. The van der Waals surface area contributed by atoms with Gasteiger partial charge in [-0.15, -0.1) is 0 Å². The second-order valence-electron chi connectivity index (χ2n) is 6.62. The van der Waals surface area contributed by atoms with E-state index in [2.05, 4.69) is 10.6 Å². The first kappa shape index (κ1) is 19.4. The van der Waals surface area contributed by atoms with Crippen LogP contribution in [0.3, 0.4) is 0 Å². The van der Waals surface area contributed by atoms with E-state index in [4.69, 9.17) is 4.74 Å². The predicted octanol–water partition coefficient (Wildman–Crippen LogP) is 2.47. The normalized spacial score (nSPS) is 15.4. The Kier molecular flexibility index (Phi) is 5.93. The maximum Gasteiger partial charge on any atom is 0.267 e. The summed E-state index contributed by atoms with van der Waals surface area (Å²) in [5, 5.41) is 5.55. The van der Waals surface area contributed by atoms with Crippen LogP contribution >= 0.6 is 0 Å². The number of nitrogens with one attached hydrogen (secondary N) is 2. The van der Waals surface area contributed by atoms with Crippen LogP contribution in [0.15, 0.2) is 48.5 Å². The molecule has 1 unspecified atom stereocenters. The van der Waals surface area contributed by atoms with E-state index in [1.54, 1.807) is 24.0 Å². The van der Waals surface area contributed by atoms with Crippen LogP contribution in [0.2, 0.25) is 0 Å². The molecule has 1 aliphatic heterocycles. The van der Waals surface area contributed by atoms with Gasteiger partial charge >= 0.3 is 0 Å². The van der Waals surface area contributed by atoms with Crippen molar-refractivity contribution in [2.45, 2.75) is 32.9 Å². The van der Waals surface area contributed by atoms with Gasteiger partial charge in [0.1, 0.15) is 5.75 Å². The fourth-order valence-electron chi connectivity index (χ4n) is 3.00. The molecule has 146 valence electrons. The minimum atomic E-state index is -0.569. The molecule has 0 aliphatic carbocycles. The lowest BCUT2D eigenvalue weighted by Gasteiger charge is -2.32. The Morgan fingerprint density at radius 3 is 2.54 bits per heavy atom. The van der Waals surface area contributed by atoms with Gasteiger partial charge in [0.05, 0.1) is 5.69 Å². The summed E-state index contributed by atoms with van der Waals surface area (Å²) in [6.07, 6.45) is -0.378. The Balaban J connectivity index is 1.53. The number of hydrogen-bond donors (Lipinski definition) is 2. The van der Waals surface area contributed by atoms with Gasteiger partial charge in [-0.1, -0.05) is 24.3 Å². The smallest absolute Gasteiger partial charge is 0.267 e. The van der Waals surface area contributed by atoms with Crippen LogP contribution < -0.4 is 20.3 Å². The molecular formula is C21H23N3O4. The molecule has 0 saturated carbocycles. The molecule has 1 heterocycles. The topological polar surface area (TPSA) is 87.7 Å². The van der Waals surface area contributed by atoms with E-state index in [-0.39, 0.29) is 30.7 Å². The van der Waals surface area contributed by atoms with Crippen molar-refractivity contribution >= 4 is 29.1 Å². The van der Waals surface area contributed by atoms with E-state index in [0.717, 1.165) is 5.56 Å². The average Bonchev–Trinajstić information content (AvgIpc) is 2.67. The van der Waals surface area contributed by atoms with Crippen molar-refractivity contribution in [3.05, 3.63) is 54.1 Å². The molecule has 1 aliphatic rings. The monoisotopic (exact) mass is 381 g/mol. The summed E-state index contributed by atoms with van der Waals surface area (Å²) >= 11 is 0. The number of anilines is 2. The summed E-state index contributed by atoms with van der Waals surface area (Å²) in [4.78, 5) is 37.3. The lowest BCUT2D eigenvalue weighted by molar-refractivity contribution is -0.125. The zero-order valence-electron chi connectivity index (χ0n) is 15.9. The number of benzene rings is 2. The molecule has 2 N–H and O–H groups in total. The number of nitrogens with zero attached hydrogens (tertiary/aromatic N) is 1. The largest absolute Gasteiger partial charge is 0.479 e. The van der Waals surface area contributed by atoms with Crippen molar-refractivity contribution in [3.63, 3.8) is 0 Å². The molecule has 0 radical (unpaired) electrons. The molecule has 0 fully saturated rings. The van der Waals surface area contributed by atoms with Crippen molar-refractivity contribution < 1.29 is 19.1 Å². The van der Waals surface area contributed by atoms with E-state index in [1.807, 2.05) is 36.4 Å². The lowest BCUT2D eigenvalue weighted by Crippen LogP contribution is -2.45. The maximum absolute atomic E-state index is 12.4. The van der Waals surface area contributed by atoms with E-state index >= 15 is 0 Å². The Labute approximate surface area is 163 Å². The zero-order chi connectivity index (χ0) is 20.1. The summed E-state index contributed by atoms with van der Waals surface area (Å²) in [5.41, 5.74) is 2.32. The van der Waals surface area contributed by atoms with E-state index < -0.39 is 6.10 Å². The van der Waals surface area contributed by atoms with Gasteiger partial charge in [-0.05, 0) is 36.8 Å². The van der Waals surface area contributed by atoms with Gasteiger partial charge in [-0.25, -0.2) is 0 Å². The quantitative estimate of drug-likeness (QED) is 0.805. The fraction of sp³-hybridized carbons (Fsp3) is 0.286. The van der Waals surface area contributed by atoms with Crippen LogP contribution in [0.1, 0.15) is 25.8 Å². The van der Waals surface area contributed by atoms with Crippen molar-refractivity contribution in [2.24, 2.45) is 0 Å². The summed E-state index contributed by atoms with van der Waals surface area (Å²) in [6.45, 7) is 3.82. The molecule has 0 saturated heterocycles. The predicted molar refractivity (Wildman–Crippen MR) is 106 cm³/mol. The highest BCUT2D eigenvalue weighted by Gasteiger charge is 2.31. The third-order valence-electron chi connectivity index (χ3n) is 4.40. The van der Waals surface area contributed by atoms with Crippen LogP contribution in [0.4, 0.5) is 11.4 Å². The molecule has 2 aromatic rings. The fourth-order valence-corrected chi connectivity index (χ4v) is 3.00. The van der Waals surface area contributed by atoms with Crippen molar-refractivity contribution in [1.82, 2.24) is 5.32 Å². The van der Waals surface area contributed by atoms with Crippen molar-refractivity contribution in [1.29, 1.82) is 0 Å². The summed E-state index contributed by atoms with van der Waals surface area (Å²) in [6, 6.07) is 14.6. The second-order valence-corrected chi connectivity index (χ2v) is 6.62. The first-order valence-electron chi connectivity index (χ1n) is 9.14. The molecule has 7 nitrogen and oxygen atoms in total. The van der Waals surface area contributed by atoms with Crippen LogP contribution in [0.25, 0.3) is 0 Å². The first-order valence-corrected chi connectivity index (χ1v) is 9.14. The van der Waals surface area contributed by atoms with Gasteiger partial charge in [-0.2, -0.15) is 0 Å². The second kappa shape index (κ2) is 8.56. The summed E-state index contributed by atoms with van der Waals surface area (Å²) in [7, 11) is 0. The lowest BCUT2D eigenvalue weighted by atomic mass is 10.1. The minimum Gasteiger partial charge on any atom is -0.479 e. The molecule has 1 atom stereocenters. The zero-order valence-corrected chi connectivity index (χ0v) is 15.9. The average molecular weight is 381 g/mol. The molecule has 2 aromatic carbocycles. The third-order valence-corrected chi connectivity index (χ3v) is 4.40. The molecule has 0 bridgehead atoms. The van der Waals surface area contributed by atoms with Crippen LogP contribution in [0.5, 0.6) is 5.75 Å². The maximum atomic E-state index is 12.4. The minimum absolute atomic E-state index is 0.130. The summed E-state index contributed by atoms with van der Waals surface area (Å²) in [5.74, 6) is 0.222. The third kappa shape index (κ3) is 4.68. The summed E-state index contributed by atoms with van der Waals surface area (Å²) < 4.78 is 5.60. The number of carbonyl (C=O) groups excluding carboxylic acids is 3. The number of hydrogen-bond acceptors (Lipinski definition) is 4. The molecule has 3 rings (SSSR count). The van der Waals surface area contributed by atoms with Crippen molar-refractivity contribution in [2.75, 3.05) is 16.8 Å². The highest BCUT2D eigenvalue weighted by Crippen LogP contribution is 2.33. The number of amides is 3. The molecule has 0 spiro atoms. The molecule has 3 amide bonds. The number of fused-ring (bicyclic) bond motifs is 1. The van der Waals surface area contributed by atoms with E-state index in [0.29, 0.717) is 23.7 Å². The molecule has 7 heteroatoms. The standard InChI is InChI=1S/C21H23N3O4/c1-14-21(27)24(18-5-3-4-6-19(18)28-14)12-11-20(26)22-13-16-7-9-17(10-8-16)23-15(2)25/h3-10,14H,11-13H2,1-2H3,(H,22,26)(H,23,25). The molecule has 28 heavy (non-hydrogen) atoms. The highest BCUT2D eigenvalue weighted by atomic mass is 16.5. The Morgan fingerprint density at radius 2 is 1.82 bits per heavy atom. The Morgan fingerprint density at radius 1 is 1.11 bits per heavy atom. The van der Waals surface area contributed by atoms with Gasteiger partial charge in [0.15, 0.2) is 6.10 Å². The number of rotatable bonds is 6. The molecule has 0 aromatic heterocycles. The number of para-hydroxylation sites is 2. The van der Waals surface area contributed by atoms with Gasteiger partial charge in [0, 0.05) is 32.1 Å². The van der Waals surface area contributed by atoms with Gasteiger partial charge in [0.25, 0.3) is 5.91 Å². The van der Waals surface area contributed by atoms with Gasteiger partial charge in [-0.3, -0.25) is 14.4 Å². The Bertz CT molecular complexity index is 879. The van der Waals surface area contributed by atoms with E-state index in [9.17, 15) is 14.4 Å². The van der Waals surface area contributed by atoms with Crippen LogP contribution in [-0.4, -0.2) is 30.4 Å². The Hall–Kier alpha value is -3.35. The van der Waals surface area contributed by atoms with Gasteiger partial charge in [0.2, 0.25) is 11.8 Å². The van der Waals surface area contributed by atoms with E-state index in [1.165, 1.54) is 6.92 Å². The number of carbonyl (C=O) groups is 3. The van der Waals surface area contributed by atoms with Gasteiger partial charge < -0.3 is 20.3 Å². The highest BCUT2D eigenvalue weighted by molar-refractivity contribution is 6.00.